The quantitative estimate of drug-likeness (QED) is 0.301. The summed E-state index contributed by atoms with van der Waals surface area (Å²) < 4.78 is 0. The van der Waals surface area contributed by atoms with Gasteiger partial charge in [0.15, 0.2) is 0 Å². The smallest absolute Gasteiger partial charge is 0.243 e. The van der Waals surface area contributed by atoms with Gasteiger partial charge in [-0.2, -0.15) is 11.8 Å². The average Bonchev–Trinajstić information content (AvgIpc) is 2.83. The summed E-state index contributed by atoms with van der Waals surface area (Å²) in [5.74, 6) is -0.483. The highest BCUT2D eigenvalue weighted by Gasteiger charge is 2.30. The number of rotatable bonds is 10. The van der Waals surface area contributed by atoms with E-state index in [2.05, 4.69) is 48.6 Å². The SMILES string of the molecule is C=C/C(=C\C=C(/C)CC(C)C)[C@H](C)C(=O)N[C@H](C(=O)N[C@H]1CSCCNC(=O)/C=C/[C@H](C)NC1=O)C(C)C.[HH].[HH].[HH].[HH]. The summed E-state index contributed by atoms with van der Waals surface area (Å²) in [6, 6.07) is -1.99. The van der Waals surface area contributed by atoms with Crippen LogP contribution in [0.1, 0.15) is 60.6 Å². The van der Waals surface area contributed by atoms with E-state index in [0.717, 1.165) is 12.0 Å². The van der Waals surface area contributed by atoms with Crippen LogP contribution in [0, 0.1) is 17.8 Å². The van der Waals surface area contributed by atoms with E-state index in [0.29, 0.717) is 24.0 Å². The third kappa shape index (κ3) is 12.2. The Morgan fingerprint density at radius 1 is 1.18 bits per heavy atom. The van der Waals surface area contributed by atoms with Gasteiger partial charge in [0.1, 0.15) is 12.1 Å². The van der Waals surface area contributed by atoms with Crippen molar-refractivity contribution in [3.05, 3.63) is 48.1 Å². The lowest BCUT2D eigenvalue weighted by Gasteiger charge is -2.27. The van der Waals surface area contributed by atoms with Crippen molar-refractivity contribution in [2.24, 2.45) is 17.8 Å². The number of hydrogen-bond acceptors (Lipinski definition) is 5. The lowest BCUT2D eigenvalue weighted by atomic mass is 9.96. The van der Waals surface area contributed by atoms with Crippen LogP contribution in [0.4, 0.5) is 0 Å². The van der Waals surface area contributed by atoms with Gasteiger partial charge in [0.05, 0.1) is 5.92 Å². The molecule has 0 spiro atoms. The number of thioether (sulfide) groups is 1. The van der Waals surface area contributed by atoms with Gasteiger partial charge < -0.3 is 21.3 Å². The van der Waals surface area contributed by atoms with E-state index in [1.807, 2.05) is 26.0 Å². The van der Waals surface area contributed by atoms with Crippen LogP contribution in [0.5, 0.6) is 0 Å². The zero-order valence-corrected chi connectivity index (χ0v) is 24.7. The Morgan fingerprint density at radius 2 is 1.87 bits per heavy atom. The predicted octanol–water partition coefficient (Wildman–Crippen LogP) is 4.26. The average molecular weight is 555 g/mol. The molecule has 4 amide bonds. The molecule has 0 aromatic rings. The van der Waals surface area contributed by atoms with E-state index < -0.39 is 23.9 Å². The minimum absolute atomic E-state index is 0. The van der Waals surface area contributed by atoms with Gasteiger partial charge in [-0.1, -0.05) is 64.2 Å². The summed E-state index contributed by atoms with van der Waals surface area (Å²) in [5.41, 5.74) is 1.98. The molecule has 1 aliphatic rings. The molecule has 38 heavy (non-hydrogen) atoms. The molecule has 8 nitrogen and oxygen atoms in total. The summed E-state index contributed by atoms with van der Waals surface area (Å²) in [7, 11) is 0. The summed E-state index contributed by atoms with van der Waals surface area (Å²) in [6.07, 6.45) is 9.54. The molecular weight excluding hydrogens is 500 g/mol. The maximum atomic E-state index is 13.3. The van der Waals surface area contributed by atoms with Crippen LogP contribution in [0.15, 0.2) is 48.1 Å². The van der Waals surface area contributed by atoms with Crippen molar-refractivity contribution in [2.45, 2.75) is 73.0 Å². The molecule has 0 unspecified atom stereocenters. The summed E-state index contributed by atoms with van der Waals surface area (Å²) in [6.45, 7) is 17.9. The van der Waals surface area contributed by atoms with Crippen LogP contribution in [0.3, 0.4) is 0 Å². The van der Waals surface area contributed by atoms with Crippen LogP contribution in [0.2, 0.25) is 0 Å². The third-order valence-corrected chi connectivity index (χ3v) is 7.10. The van der Waals surface area contributed by atoms with E-state index >= 15 is 0 Å². The highest BCUT2D eigenvalue weighted by atomic mass is 32.2. The van der Waals surface area contributed by atoms with E-state index in [4.69, 9.17) is 0 Å². The molecule has 9 heteroatoms. The number of carbonyl (C=O) groups excluding carboxylic acids is 4. The lowest BCUT2D eigenvalue weighted by molar-refractivity contribution is -0.133. The molecule has 0 fully saturated rings. The molecule has 0 aliphatic carbocycles. The topological polar surface area (TPSA) is 116 Å². The second kappa shape index (κ2) is 16.9. The first-order valence-electron chi connectivity index (χ1n) is 13.3. The minimum atomic E-state index is -0.815. The second-order valence-corrected chi connectivity index (χ2v) is 11.7. The van der Waals surface area contributed by atoms with Gasteiger partial charge >= 0.3 is 0 Å². The van der Waals surface area contributed by atoms with Crippen molar-refractivity contribution < 1.29 is 24.9 Å². The van der Waals surface area contributed by atoms with Crippen molar-refractivity contribution in [1.29, 1.82) is 0 Å². The van der Waals surface area contributed by atoms with E-state index in [1.165, 1.54) is 23.4 Å². The molecule has 0 bridgehead atoms. The fraction of sp³-hybridized carbons (Fsp3) is 0.586. The number of amides is 4. The molecule has 0 aromatic carbocycles. The largest absolute Gasteiger partial charge is 0.352 e. The summed E-state index contributed by atoms with van der Waals surface area (Å²) in [5, 5.41) is 11.3. The fourth-order valence-corrected chi connectivity index (χ4v) is 4.74. The van der Waals surface area contributed by atoms with Crippen molar-refractivity contribution in [2.75, 3.05) is 18.1 Å². The fourth-order valence-electron chi connectivity index (χ4n) is 3.86. The van der Waals surface area contributed by atoms with Crippen LogP contribution >= 0.6 is 11.8 Å². The normalized spacial score (nSPS) is 22.3. The summed E-state index contributed by atoms with van der Waals surface area (Å²) in [4.78, 5) is 51.1. The Labute approximate surface area is 238 Å². The van der Waals surface area contributed by atoms with Gasteiger partial charge in [-0.05, 0) is 44.6 Å². The Morgan fingerprint density at radius 3 is 2.47 bits per heavy atom. The first-order chi connectivity index (χ1) is 17.8. The van der Waals surface area contributed by atoms with Gasteiger partial charge in [-0.15, -0.1) is 0 Å². The number of nitrogens with one attached hydrogen (secondary N) is 4. The van der Waals surface area contributed by atoms with Crippen LogP contribution < -0.4 is 21.3 Å². The van der Waals surface area contributed by atoms with Gasteiger partial charge in [0, 0.05) is 35.9 Å². The van der Waals surface area contributed by atoms with Crippen molar-refractivity contribution in [3.63, 3.8) is 0 Å². The molecule has 4 N–H and O–H groups in total. The molecule has 220 valence electrons. The van der Waals surface area contributed by atoms with Crippen molar-refractivity contribution >= 4 is 35.4 Å². The van der Waals surface area contributed by atoms with Crippen molar-refractivity contribution in [1.82, 2.24) is 21.3 Å². The van der Waals surface area contributed by atoms with Gasteiger partial charge in [-0.25, -0.2) is 0 Å². The molecule has 0 aromatic heterocycles. The van der Waals surface area contributed by atoms with Gasteiger partial charge in [0.25, 0.3) is 0 Å². The number of allylic oxidation sites excluding steroid dienone is 4. The molecule has 1 heterocycles. The Hall–Kier alpha value is -2.81. The zero-order valence-electron chi connectivity index (χ0n) is 23.9. The van der Waals surface area contributed by atoms with Crippen LogP contribution in [-0.4, -0.2) is 59.8 Å². The van der Waals surface area contributed by atoms with Crippen LogP contribution in [0.25, 0.3) is 0 Å². The van der Waals surface area contributed by atoms with Gasteiger partial charge in [0.2, 0.25) is 23.6 Å². The minimum Gasteiger partial charge on any atom is -0.352 e. The molecule has 0 radical (unpaired) electrons. The Balaban J connectivity index is -0.00000180. The summed E-state index contributed by atoms with van der Waals surface area (Å²) >= 11 is 1.46. The molecule has 4 atom stereocenters. The molecule has 1 rings (SSSR count). The van der Waals surface area contributed by atoms with Gasteiger partial charge in [-0.3, -0.25) is 19.2 Å². The highest BCUT2D eigenvalue weighted by molar-refractivity contribution is 7.99. The molecular formula is C29H54N4O4S. The Kier molecular flexibility index (Phi) is 14.8. The monoisotopic (exact) mass is 554 g/mol. The standard InChI is InChI=1S/C29H46N4O4S.4H2/c1-9-23(12-10-20(6)16-18(2)3)22(8)27(35)33-26(19(4)5)29(37)32-24-17-38-15-14-30-25(34)13-11-21(7)31-28(24)36;;;;/h9-13,18-19,21-22,24,26H,1,14-17H2,2-8H3,(H,30,34)(H,31,36)(H,32,37)(H,33,35);4*1H/b13-11+,20-10+,23-12+;;;;/t21-,22-,24-,26-;;;;/m0..../s1. The van der Waals surface area contributed by atoms with E-state index in [1.54, 1.807) is 26.0 Å². The Bertz CT molecular complexity index is 958. The first kappa shape index (κ1) is 33.2. The number of hydrogen-bond donors (Lipinski definition) is 4. The molecule has 0 saturated heterocycles. The maximum absolute atomic E-state index is 13.3. The van der Waals surface area contributed by atoms with Crippen LogP contribution in [-0.2, 0) is 19.2 Å². The number of carbonyl (C=O) groups is 4. The molecule has 0 saturated carbocycles. The van der Waals surface area contributed by atoms with E-state index in [-0.39, 0.29) is 35.4 Å². The van der Waals surface area contributed by atoms with E-state index in [9.17, 15) is 19.2 Å². The predicted molar refractivity (Wildman–Crippen MR) is 165 cm³/mol. The third-order valence-electron chi connectivity index (χ3n) is 6.04. The second-order valence-electron chi connectivity index (χ2n) is 10.5. The van der Waals surface area contributed by atoms with Crippen molar-refractivity contribution in [3.8, 4) is 0 Å². The highest BCUT2D eigenvalue weighted by Crippen LogP contribution is 2.16. The zero-order chi connectivity index (χ0) is 28.8. The lowest BCUT2D eigenvalue weighted by Crippen LogP contribution is -2.57. The maximum Gasteiger partial charge on any atom is 0.243 e. The first-order valence-corrected chi connectivity index (χ1v) is 14.5. The molecule has 1 aliphatic heterocycles.